The molecular formula is C14H19N5. The Morgan fingerprint density at radius 3 is 2.42 bits per heavy atom. The predicted octanol–water partition coefficient (Wildman–Crippen LogP) is 1.95. The summed E-state index contributed by atoms with van der Waals surface area (Å²) in [6, 6.07) is 3.89. The van der Waals surface area contributed by atoms with Gasteiger partial charge >= 0.3 is 0 Å². The van der Waals surface area contributed by atoms with Crippen LogP contribution in [0.3, 0.4) is 0 Å². The van der Waals surface area contributed by atoms with Gasteiger partial charge in [-0.2, -0.15) is 0 Å². The van der Waals surface area contributed by atoms with Crippen molar-refractivity contribution in [3.63, 3.8) is 0 Å². The fraction of sp³-hybridized carbons (Fsp3) is 0.357. The number of aromatic nitrogens is 3. The van der Waals surface area contributed by atoms with Gasteiger partial charge in [-0.25, -0.2) is 9.97 Å². The van der Waals surface area contributed by atoms with Crippen LogP contribution in [0.1, 0.15) is 13.8 Å². The Kier molecular flexibility index (Phi) is 4.06. The highest BCUT2D eigenvalue weighted by Gasteiger charge is 2.14. The van der Waals surface area contributed by atoms with E-state index < -0.39 is 0 Å². The van der Waals surface area contributed by atoms with Gasteiger partial charge in [0.15, 0.2) is 0 Å². The van der Waals surface area contributed by atoms with E-state index in [4.69, 9.17) is 0 Å². The zero-order valence-corrected chi connectivity index (χ0v) is 11.5. The topological polar surface area (TPSA) is 62.7 Å². The molecule has 0 aliphatic carbocycles. The molecule has 0 saturated carbocycles. The van der Waals surface area contributed by atoms with Gasteiger partial charge in [0.05, 0.1) is 0 Å². The molecule has 19 heavy (non-hydrogen) atoms. The van der Waals surface area contributed by atoms with Gasteiger partial charge in [-0.1, -0.05) is 6.07 Å². The lowest BCUT2D eigenvalue weighted by atomic mass is 10.1. The summed E-state index contributed by atoms with van der Waals surface area (Å²) in [5, 5.41) is 6.44. The molecule has 2 aromatic heterocycles. The predicted molar refractivity (Wildman–Crippen MR) is 76.9 cm³/mol. The number of pyridine rings is 1. The van der Waals surface area contributed by atoms with E-state index in [1.54, 1.807) is 24.8 Å². The standard InChI is InChI=1S/C14H19N5/c1-14(2,15-3)10-19-13-17-8-12(9-18-13)11-5-4-6-16-7-11/h4-9,15H,10H2,1-3H3,(H,17,18,19). The van der Waals surface area contributed by atoms with Crippen molar-refractivity contribution >= 4 is 5.95 Å². The highest BCUT2D eigenvalue weighted by Crippen LogP contribution is 2.16. The molecule has 2 heterocycles. The zero-order chi connectivity index (χ0) is 13.7. The minimum Gasteiger partial charge on any atom is -0.352 e. The number of nitrogens with zero attached hydrogens (tertiary/aromatic N) is 3. The van der Waals surface area contributed by atoms with Crippen molar-refractivity contribution < 1.29 is 0 Å². The molecule has 100 valence electrons. The third-order valence-electron chi connectivity index (χ3n) is 3.01. The minimum absolute atomic E-state index is 0.00534. The highest BCUT2D eigenvalue weighted by atomic mass is 15.1. The van der Waals surface area contributed by atoms with Crippen LogP contribution in [0.4, 0.5) is 5.95 Å². The van der Waals surface area contributed by atoms with Crippen molar-refractivity contribution in [2.45, 2.75) is 19.4 Å². The Morgan fingerprint density at radius 1 is 1.11 bits per heavy atom. The molecule has 0 unspecified atom stereocenters. The second-order valence-electron chi connectivity index (χ2n) is 5.02. The van der Waals surface area contributed by atoms with Gasteiger partial charge in [0.2, 0.25) is 5.95 Å². The lowest BCUT2D eigenvalue weighted by molar-refractivity contribution is 0.447. The van der Waals surface area contributed by atoms with E-state index in [0.717, 1.165) is 17.7 Å². The Labute approximate surface area is 113 Å². The van der Waals surface area contributed by atoms with Crippen molar-refractivity contribution in [3.8, 4) is 11.1 Å². The summed E-state index contributed by atoms with van der Waals surface area (Å²) in [4.78, 5) is 12.7. The van der Waals surface area contributed by atoms with Crippen LogP contribution >= 0.6 is 0 Å². The number of nitrogens with one attached hydrogen (secondary N) is 2. The Hall–Kier alpha value is -2.01. The SMILES string of the molecule is CNC(C)(C)CNc1ncc(-c2cccnc2)cn1. The normalized spacial score (nSPS) is 11.3. The maximum absolute atomic E-state index is 4.31. The molecule has 2 N–H and O–H groups in total. The summed E-state index contributed by atoms with van der Waals surface area (Å²) in [6.07, 6.45) is 7.16. The summed E-state index contributed by atoms with van der Waals surface area (Å²) < 4.78 is 0. The quantitative estimate of drug-likeness (QED) is 0.857. The van der Waals surface area contributed by atoms with Crippen LogP contribution < -0.4 is 10.6 Å². The van der Waals surface area contributed by atoms with Crippen LogP contribution in [0.25, 0.3) is 11.1 Å². The van der Waals surface area contributed by atoms with Crippen LogP contribution in [-0.4, -0.2) is 34.1 Å². The first-order chi connectivity index (χ1) is 9.11. The van der Waals surface area contributed by atoms with Crippen molar-refractivity contribution in [2.75, 3.05) is 18.9 Å². The van der Waals surface area contributed by atoms with E-state index in [-0.39, 0.29) is 5.54 Å². The fourth-order valence-electron chi connectivity index (χ4n) is 1.49. The zero-order valence-electron chi connectivity index (χ0n) is 11.5. The number of anilines is 1. The van der Waals surface area contributed by atoms with Gasteiger partial charge in [-0.3, -0.25) is 4.98 Å². The van der Waals surface area contributed by atoms with Crippen LogP contribution in [0, 0.1) is 0 Å². The summed E-state index contributed by atoms with van der Waals surface area (Å²) in [6.45, 7) is 4.99. The second-order valence-corrected chi connectivity index (χ2v) is 5.02. The summed E-state index contributed by atoms with van der Waals surface area (Å²) in [7, 11) is 1.94. The largest absolute Gasteiger partial charge is 0.352 e. The van der Waals surface area contributed by atoms with Gasteiger partial charge in [-0.15, -0.1) is 0 Å². The Bertz CT molecular complexity index is 507. The molecular weight excluding hydrogens is 238 g/mol. The molecule has 0 bridgehead atoms. The van der Waals surface area contributed by atoms with Gasteiger partial charge in [0, 0.05) is 48.0 Å². The molecule has 2 aromatic rings. The van der Waals surface area contributed by atoms with E-state index in [9.17, 15) is 0 Å². The van der Waals surface area contributed by atoms with E-state index >= 15 is 0 Å². The first kappa shape index (κ1) is 13.4. The average molecular weight is 257 g/mol. The maximum atomic E-state index is 4.31. The molecule has 0 atom stereocenters. The number of rotatable bonds is 5. The molecule has 0 fully saturated rings. The first-order valence-electron chi connectivity index (χ1n) is 6.26. The van der Waals surface area contributed by atoms with Crippen molar-refractivity contribution in [1.82, 2.24) is 20.3 Å². The smallest absolute Gasteiger partial charge is 0.222 e. The molecule has 0 aromatic carbocycles. The van der Waals surface area contributed by atoms with Crippen LogP contribution in [0.2, 0.25) is 0 Å². The molecule has 0 radical (unpaired) electrons. The third kappa shape index (κ3) is 3.72. The Morgan fingerprint density at radius 2 is 1.84 bits per heavy atom. The molecule has 0 saturated heterocycles. The number of hydrogen-bond donors (Lipinski definition) is 2. The van der Waals surface area contributed by atoms with E-state index in [0.29, 0.717) is 5.95 Å². The monoisotopic (exact) mass is 257 g/mol. The third-order valence-corrected chi connectivity index (χ3v) is 3.01. The van der Waals surface area contributed by atoms with Crippen molar-refractivity contribution in [1.29, 1.82) is 0 Å². The summed E-state index contributed by atoms with van der Waals surface area (Å²) in [5.74, 6) is 0.635. The van der Waals surface area contributed by atoms with Gasteiger partial charge < -0.3 is 10.6 Å². The van der Waals surface area contributed by atoms with Crippen LogP contribution in [0.15, 0.2) is 36.9 Å². The maximum Gasteiger partial charge on any atom is 0.222 e. The Balaban J connectivity index is 2.03. The molecule has 2 rings (SSSR count). The number of hydrogen-bond acceptors (Lipinski definition) is 5. The highest BCUT2D eigenvalue weighted by molar-refractivity contribution is 5.60. The first-order valence-corrected chi connectivity index (χ1v) is 6.26. The average Bonchev–Trinajstić information content (AvgIpc) is 2.47. The molecule has 5 heteroatoms. The summed E-state index contributed by atoms with van der Waals surface area (Å²) >= 11 is 0. The molecule has 0 spiro atoms. The molecule has 0 aliphatic rings. The van der Waals surface area contributed by atoms with E-state index in [1.165, 1.54) is 0 Å². The lowest BCUT2D eigenvalue weighted by Crippen LogP contribution is -2.43. The second kappa shape index (κ2) is 5.75. The van der Waals surface area contributed by atoms with Gasteiger partial charge in [0.1, 0.15) is 0 Å². The van der Waals surface area contributed by atoms with Gasteiger partial charge in [-0.05, 0) is 27.0 Å². The molecule has 0 aliphatic heterocycles. The van der Waals surface area contributed by atoms with Crippen LogP contribution in [0.5, 0.6) is 0 Å². The van der Waals surface area contributed by atoms with Crippen molar-refractivity contribution in [3.05, 3.63) is 36.9 Å². The lowest BCUT2D eigenvalue weighted by Gasteiger charge is -2.24. The van der Waals surface area contributed by atoms with Crippen molar-refractivity contribution in [2.24, 2.45) is 0 Å². The number of likely N-dealkylation sites (N-methyl/N-ethyl adjacent to an activating group) is 1. The molecule has 5 nitrogen and oxygen atoms in total. The molecule has 0 amide bonds. The minimum atomic E-state index is 0.00534. The van der Waals surface area contributed by atoms with E-state index in [2.05, 4.69) is 39.4 Å². The fourth-order valence-corrected chi connectivity index (χ4v) is 1.49. The van der Waals surface area contributed by atoms with Crippen LogP contribution in [-0.2, 0) is 0 Å². The van der Waals surface area contributed by atoms with Gasteiger partial charge in [0.25, 0.3) is 0 Å². The van der Waals surface area contributed by atoms with E-state index in [1.807, 2.05) is 19.2 Å². The summed E-state index contributed by atoms with van der Waals surface area (Å²) in [5.41, 5.74) is 1.99.